The van der Waals surface area contributed by atoms with Crippen LogP contribution in [0.5, 0.6) is 5.75 Å². The summed E-state index contributed by atoms with van der Waals surface area (Å²) in [6.07, 6.45) is 3.04. The Morgan fingerprint density at radius 3 is 2.58 bits per heavy atom. The Hall–Kier alpha value is -2.16. The van der Waals surface area contributed by atoms with Crippen LogP contribution in [-0.2, 0) is 35.0 Å². The molecule has 1 aromatic rings. The van der Waals surface area contributed by atoms with Gasteiger partial charge in [0, 0.05) is 18.3 Å². The molecule has 4 rings (SSSR count). The van der Waals surface area contributed by atoms with Crippen LogP contribution in [0.2, 0.25) is 0 Å². The van der Waals surface area contributed by atoms with Crippen LogP contribution in [0.25, 0.3) is 0 Å². The van der Waals surface area contributed by atoms with Crippen molar-refractivity contribution in [3.63, 3.8) is 0 Å². The highest BCUT2D eigenvalue weighted by molar-refractivity contribution is 5.73. The number of carbonyl (C=O) groups is 2. The number of aryl methyl sites for hydroxylation is 1. The van der Waals surface area contributed by atoms with Gasteiger partial charge < -0.3 is 29.2 Å². The molecular formula is C28H40O8. The monoisotopic (exact) mass is 504 g/mol. The zero-order valence-electron chi connectivity index (χ0n) is 21.6. The van der Waals surface area contributed by atoms with Gasteiger partial charge in [0.25, 0.3) is 0 Å². The summed E-state index contributed by atoms with van der Waals surface area (Å²) in [6, 6.07) is 7.32. The fourth-order valence-corrected chi connectivity index (χ4v) is 5.69. The second-order valence-electron chi connectivity index (χ2n) is 11.3. The molecule has 0 saturated carbocycles. The van der Waals surface area contributed by atoms with Crippen LogP contribution in [0.3, 0.4) is 0 Å². The Kier molecular flexibility index (Phi) is 8.27. The molecule has 3 bridgehead atoms. The Morgan fingerprint density at radius 1 is 1.06 bits per heavy atom. The smallest absolute Gasteiger partial charge is 0.309 e. The van der Waals surface area contributed by atoms with E-state index in [1.807, 2.05) is 12.1 Å². The lowest BCUT2D eigenvalue weighted by Crippen LogP contribution is -2.61. The third kappa shape index (κ3) is 6.39. The molecule has 3 heterocycles. The molecule has 3 fully saturated rings. The van der Waals surface area contributed by atoms with Gasteiger partial charge in [-0.3, -0.25) is 9.59 Å². The maximum absolute atomic E-state index is 12.8. The van der Waals surface area contributed by atoms with Crippen LogP contribution in [0.4, 0.5) is 0 Å². The van der Waals surface area contributed by atoms with E-state index < -0.39 is 29.9 Å². The number of hydrogen-bond donors (Lipinski definition) is 2. The zero-order chi connectivity index (χ0) is 25.9. The van der Waals surface area contributed by atoms with E-state index in [-0.39, 0.29) is 42.3 Å². The molecule has 0 radical (unpaired) electrons. The summed E-state index contributed by atoms with van der Waals surface area (Å²) in [4.78, 5) is 25.4. The van der Waals surface area contributed by atoms with Gasteiger partial charge in [0.2, 0.25) is 0 Å². The Morgan fingerprint density at radius 2 is 1.83 bits per heavy atom. The van der Waals surface area contributed by atoms with E-state index in [1.54, 1.807) is 12.1 Å². The van der Waals surface area contributed by atoms with E-state index >= 15 is 0 Å². The Labute approximate surface area is 213 Å². The number of hydrogen-bond acceptors (Lipinski definition) is 8. The van der Waals surface area contributed by atoms with Gasteiger partial charge in [0.1, 0.15) is 18.0 Å². The topological polar surface area (TPSA) is 112 Å². The van der Waals surface area contributed by atoms with Crippen molar-refractivity contribution in [1.29, 1.82) is 0 Å². The molecule has 6 atom stereocenters. The average molecular weight is 505 g/mol. The van der Waals surface area contributed by atoms with Crippen LogP contribution in [0.15, 0.2) is 24.3 Å². The summed E-state index contributed by atoms with van der Waals surface area (Å²) in [5.41, 5.74) is 0.765. The third-order valence-electron chi connectivity index (χ3n) is 7.89. The van der Waals surface area contributed by atoms with E-state index in [9.17, 15) is 19.8 Å². The van der Waals surface area contributed by atoms with Crippen LogP contribution >= 0.6 is 0 Å². The van der Waals surface area contributed by atoms with Crippen molar-refractivity contribution < 1.29 is 38.7 Å². The van der Waals surface area contributed by atoms with Crippen molar-refractivity contribution in [1.82, 2.24) is 0 Å². The summed E-state index contributed by atoms with van der Waals surface area (Å²) < 4.78 is 24.5. The summed E-state index contributed by atoms with van der Waals surface area (Å²) in [5.74, 6) is -1.68. The first-order valence-electron chi connectivity index (χ1n) is 13.3. The molecule has 200 valence electrons. The standard InChI is InChI=1S/C28H40O8/c1-18(29)24-16-26(32)33-23-14-21(10-5-4-7-19-8-6-9-20(30)13-19)35-28(17-23)27(2,3)12-11-22(36-28)15-25(31)34-24/h6,8-9,13,18,21-24,29-30H,4-5,7,10-12,14-17H2,1-3H3/t18-,21+,22+,23+,24+,28-/m0/s1. The second-order valence-corrected chi connectivity index (χ2v) is 11.3. The van der Waals surface area contributed by atoms with Gasteiger partial charge in [-0.2, -0.15) is 0 Å². The number of fused-ring (bicyclic) bond motifs is 2. The fourth-order valence-electron chi connectivity index (χ4n) is 5.69. The lowest BCUT2D eigenvalue weighted by Gasteiger charge is -2.56. The van der Waals surface area contributed by atoms with Gasteiger partial charge in [-0.15, -0.1) is 0 Å². The van der Waals surface area contributed by atoms with Crippen molar-refractivity contribution in [2.75, 3.05) is 0 Å². The predicted molar refractivity (Wildman–Crippen MR) is 131 cm³/mol. The molecule has 0 unspecified atom stereocenters. The molecule has 0 aliphatic carbocycles. The first kappa shape index (κ1) is 26.9. The average Bonchev–Trinajstić information content (AvgIpc) is 2.78. The number of benzene rings is 1. The van der Waals surface area contributed by atoms with Gasteiger partial charge in [0.05, 0.1) is 31.2 Å². The number of rotatable bonds is 6. The first-order chi connectivity index (χ1) is 17.0. The molecule has 8 heteroatoms. The quantitative estimate of drug-likeness (QED) is 0.438. The summed E-state index contributed by atoms with van der Waals surface area (Å²) in [5, 5.41) is 19.7. The first-order valence-corrected chi connectivity index (χ1v) is 13.3. The highest BCUT2D eigenvalue weighted by Gasteiger charge is 2.57. The number of unbranched alkanes of at least 4 members (excludes halogenated alkanes) is 1. The molecule has 0 aromatic heterocycles. The largest absolute Gasteiger partial charge is 0.508 e. The van der Waals surface area contributed by atoms with Crippen molar-refractivity contribution >= 4 is 11.9 Å². The number of esters is 2. The molecule has 3 saturated heterocycles. The van der Waals surface area contributed by atoms with Gasteiger partial charge in [-0.05, 0) is 56.7 Å². The molecular weight excluding hydrogens is 464 g/mol. The summed E-state index contributed by atoms with van der Waals surface area (Å²) in [7, 11) is 0. The number of aliphatic hydroxyl groups is 1. The summed E-state index contributed by atoms with van der Waals surface area (Å²) >= 11 is 0. The molecule has 3 aliphatic heterocycles. The lowest BCUT2D eigenvalue weighted by molar-refractivity contribution is -0.373. The highest BCUT2D eigenvalue weighted by Crippen LogP contribution is 2.52. The normalized spacial score (nSPS) is 33.4. The van der Waals surface area contributed by atoms with Crippen molar-refractivity contribution in [3.05, 3.63) is 29.8 Å². The van der Waals surface area contributed by atoms with Gasteiger partial charge in [0.15, 0.2) is 5.79 Å². The molecule has 0 amide bonds. The highest BCUT2D eigenvalue weighted by atomic mass is 16.7. The predicted octanol–water partition coefficient (Wildman–Crippen LogP) is 4.18. The second kappa shape index (κ2) is 11.1. The number of aromatic hydroxyl groups is 1. The lowest BCUT2D eigenvalue weighted by atomic mass is 9.71. The van der Waals surface area contributed by atoms with E-state index in [4.69, 9.17) is 18.9 Å². The van der Waals surface area contributed by atoms with Crippen LogP contribution in [0, 0.1) is 5.41 Å². The number of aliphatic hydroxyl groups excluding tert-OH is 1. The summed E-state index contributed by atoms with van der Waals surface area (Å²) in [6.45, 7) is 5.73. The number of phenols is 1. The minimum atomic E-state index is -0.983. The molecule has 1 spiro atoms. The Bertz CT molecular complexity index is 924. The SMILES string of the molecule is C[C@H](O)[C@H]1CC(=O)O[C@@H]2C[C@@H](CCCCc3cccc(O)c3)O[C@@]3(C2)O[C@H](CCC3(C)C)CC(=O)O1. The molecule has 2 N–H and O–H groups in total. The number of cyclic esters (lactones) is 1. The van der Waals surface area contributed by atoms with Crippen LogP contribution < -0.4 is 0 Å². The van der Waals surface area contributed by atoms with Crippen molar-refractivity contribution in [2.24, 2.45) is 5.41 Å². The molecule has 36 heavy (non-hydrogen) atoms. The van der Waals surface area contributed by atoms with Gasteiger partial charge in [-0.25, -0.2) is 0 Å². The Balaban J connectivity index is 1.49. The zero-order valence-corrected chi connectivity index (χ0v) is 21.6. The number of phenolic OH excluding ortho intramolecular Hbond substituents is 1. The van der Waals surface area contributed by atoms with E-state index in [1.165, 1.54) is 6.92 Å². The van der Waals surface area contributed by atoms with E-state index in [0.29, 0.717) is 19.3 Å². The molecule has 1 aromatic carbocycles. The van der Waals surface area contributed by atoms with Crippen LogP contribution in [0.1, 0.15) is 84.1 Å². The van der Waals surface area contributed by atoms with E-state index in [0.717, 1.165) is 37.7 Å². The maximum Gasteiger partial charge on any atom is 0.309 e. The number of carbonyl (C=O) groups excluding carboxylic acids is 2. The maximum atomic E-state index is 12.8. The number of ether oxygens (including phenoxy) is 4. The van der Waals surface area contributed by atoms with Gasteiger partial charge in [-0.1, -0.05) is 32.4 Å². The molecule has 8 nitrogen and oxygen atoms in total. The van der Waals surface area contributed by atoms with E-state index in [2.05, 4.69) is 13.8 Å². The fraction of sp³-hybridized carbons (Fsp3) is 0.714. The third-order valence-corrected chi connectivity index (χ3v) is 7.89. The minimum Gasteiger partial charge on any atom is -0.508 e. The van der Waals surface area contributed by atoms with Crippen molar-refractivity contribution in [2.45, 2.75) is 121 Å². The van der Waals surface area contributed by atoms with Crippen LogP contribution in [-0.4, -0.2) is 58.5 Å². The minimum absolute atomic E-state index is 0.0543. The molecule has 3 aliphatic rings. The van der Waals surface area contributed by atoms with Crippen molar-refractivity contribution in [3.8, 4) is 5.75 Å². The van der Waals surface area contributed by atoms with Gasteiger partial charge >= 0.3 is 11.9 Å².